The van der Waals surface area contributed by atoms with Crippen molar-refractivity contribution in [1.82, 2.24) is 5.43 Å². The number of nitrogens with one attached hydrogen (secondary N) is 1. The Morgan fingerprint density at radius 1 is 1.00 bits per heavy atom. The van der Waals surface area contributed by atoms with Gasteiger partial charge in [0.05, 0.1) is 11.8 Å². The van der Waals surface area contributed by atoms with Crippen LogP contribution < -0.4 is 10.2 Å². The van der Waals surface area contributed by atoms with Crippen LogP contribution in [0.25, 0.3) is 0 Å². The van der Waals surface area contributed by atoms with Crippen LogP contribution in [0.1, 0.15) is 15.9 Å². The number of hydrazone groups is 1. The number of phenolic OH excluding ortho intramolecular Hbond substituents is 1. The number of aromatic hydroxyl groups is 1. The summed E-state index contributed by atoms with van der Waals surface area (Å²) in [6.07, 6.45) is 1.50. The molecule has 3 aromatic rings. The maximum Gasteiger partial charge on any atom is 0.275 e. The van der Waals surface area contributed by atoms with E-state index in [-0.39, 0.29) is 11.3 Å². The molecule has 0 radical (unpaired) electrons. The molecule has 0 unspecified atom stereocenters. The summed E-state index contributed by atoms with van der Waals surface area (Å²) in [6, 6.07) is 21.4. The van der Waals surface area contributed by atoms with E-state index in [9.17, 15) is 9.90 Å². The highest BCUT2D eigenvalue weighted by molar-refractivity contribution is 9.10. The lowest BCUT2D eigenvalue weighted by Gasteiger charge is -2.06. The van der Waals surface area contributed by atoms with Crippen molar-refractivity contribution in [3.8, 4) is 17.2 Å². The van der Waals surface area contributed by atoms with Crippen LogP contribution >= 0.6 is 15.9 Å². The van der Waals surface area contributed by atoms with E-state index in [2.05, 4.69) is 26.5 Å². The number of carbonyl (C=O) groups excluding carboxylic acids is 1. The molecule has 0 fully saturated rings. The molecule has 6 heteroatoms. The molecule has 26 heavy (non-hydrogen) atoms. The molecule has 0 saturated heterocycles. The van der Waals surface area contributed by atoms with Crippen LogP contribution in [-0.4, -0.2) is 17.2 Å². The Labute approximate surface area is 159 Å². The molecule has 130 valence electrons. The summed E-state index contributed by atoms with van der Waals surface area (Å²) in [7, 11) is 0. The highest BCUT2D eigenvalue weighted by Crippen LogP contribution is 2.22. The zero-order valence-electron chi connectivity index (χ0n) is 13.6. The molecule has 0 heterocycles. The summed E-state index contributed by atoms with van der Waals surface area (Å²) in [5, 5.41) is 13.7. The monoisotopic (exact) mass is 410 g/mol. The van der Waals surface area contributed by atoms with Crippen molar-refractivity contribution < 1.29 is 14.6 Å². The average molecular weight is 411 g/mol. The first kappa shape index (κ1) is 17.7. The van der Waals surface area contributed by atoms with Crippen LogP contribution in [0, 0.1) is 0 Å². The molecule has 0 aliphatic heterocycles. The Bertz CT molecular complexity index is 943. The van der Waals surface area contributed by atoms with Crippen LogP contribution in [0.2, 0.25) is 0 Å². The number of ether oxygens (including phenoxy) is 1. The minimum atomic E-state index is -0.503. The maximum atomic E-state index is 12.1. The van der Waals surface area contributed by atoms with Crippen molar-refractivity contribution in [1.29, 1.82) is 0 Å². The van der Waals surface area contributed by atoms with E-state index >= 15 is 0 Å². The van der Waals surface area contributed by atoms with E-state index in [0.29, 0.717) is 10.2 Å². The fraction of sp³-hybridized carbons (Fsp3) is 0. The highest BCUT2D eigenvalue weighted by Gasteiger charge is 2.10. The van der Waals surface area contributed by atoms with Gasteiger partial charge < -0.3 is 9.84 Å². The first-order valence-electron chi connectivity index (χ1n) is 7.77. The van der Waals surface area contributed by atoms with Crippen molar-refractivity contribution >= 4 is 28.1 Å². The highest BCUT2D eigenvalue weighted by atomic mass is 79.9. The molecule has 3 aromatic carbocycles. The quantitative estimate of drug-likeness (QED) is 0.472. The van der Waals surface area contributed by atoms with E-state index in [1.54, 1.807) is 12.1 Å². The predicted molar refractivity (Wildman–Crippen MR) is 104 cm³/mol. The van der Waals surface area contributed by atoms with Gasteiger partial charge in [0, 0.05) is 4.47 Å². The van der Waals surface area contributed by atoms with Gasteiger partial charge in [-0.1, -0.05) is 46.3 Å². The average Bonchev–Trinajstić information content (AvgIpc) is 2.65. The van der Waals surface area contributed by atoms with Gasteiger partial charge in [-0.25, -0.2) is 5.43 Å². The van der Waals surface area contributed by atoms with E-state index < -0.39 is 5.91 Å². The normalized spacial score (nSPS) is 10.7. The molecular weight excluding hydrogens is 396 g/mol. The van der Waals surface area contributed by atoms with Crippen molar-refractivity contribution in [2.75, 3.05) is 0 Å². The number of carbonyl (C=O) groups is 1. The second-order valence-electron chi connectivity index (χ2n) is 5.35. The number of phenols is 1. The zero-order chi connectivity index (χ0) is 18.4. The van der Waals surface area contributed by atoms with Crippen LogP contribution in [0.5, 0.6) is 17.2 Å². The standard InChI is InChI=1S/C20H15BrN2O3/c21-15-9-10-19(24)18(12-15)20(25)23-22-13-14-5-4-8-17(11-14)26-16-6-2-1-3-7-16/h1-13,24H,(H,23,25)/b22-13-. The van der Waals surface area contributed by atoms with Crippen LogP contribution in [0.4, 0.5) is 0 Å². The number of hydrogen-bond acceptors (Lipinski definition) is 4. The Hall–Kier alpha value is -3.12. The third kappa shape index (κ3) is 4.70. The topological polar surface area (TPSA) is 70.9 Å². The summed E-state index contributed by atoms with van der Waals surface area (Å²) >= 11 is 3.26. The third-order valence-corrected chi connectivity index (χ3v) is 3.91. The number of para-hydroxylation sites is 1. The number of rotatable bonds is 5. The number of halogens is 1. The summed E-state index contributed by atoms with van der Waals surface area (Å²) in [6.45, 7) is 0. The van der Waals surface area contributed by atoms with Gasteiger partial charge in [-0.2, -0.15) is 5.10 Å². The zero-order valence-corrected chi connectivity index (χ0v) is 15.2. The van der Waals surface area contributed by atoms with Crippen molar-refractivity contribution in [3.63, 3.8) is 0 Å². The van der Waals surface area contributed by atoms with Gasteiger partial charge in [-0.3, -0.25) is 4.79 Å². The van der Waals surface area contributed by atoms with E-state index in [4.69, 9.17) is 4.74 Å². The van der Waals surface area contributed by atoms with Gasteiger partial charge in [0.2, 0.25) is 0 Å². The van der Waals surface area contributed by atoms with Gasteiger partial charge in [-0.05, 0) is 48.0 Å². The third-order valence-electron chi connectivity index (χ3n) is 3.42. The summed E-state index contributed by atoms with van der Waals surface area (Å²) < 4.78 is 6.45. The molecule has 0 aliphatic rings. The van der Waals surface area contributed by atoms with Crippen molar-refractivity contribution in [2.45, 2.75) is 0 Å². The Morgan fingerprint density at radius 2 is 1.77 bits per heavy atom. The van der Waals surface area contributed by atoms with E-state index in [0.717, 1.165) is 11.3 Å². The molecule has 2 N–H and O–H groups in total. The molecule has 0 aromatic heterocycles. The van der Waals surface area contributed by atoms with Crippen LogP contribution in [0.3, 0.4) is 0 Å². The molecule has 0 saturated carbocycles. The Balaban J connectivity index is 1.66. The first-order valence-corrected chi connectivity index (χ1v) is 8.56. The predicted octanol–water partition coefficient (Wildman–Crippen LogP) is 4.71. The summed E-state index contributed by atoms with van der Waals surface area (Å²) in [4.78, 5) is 12.1. The lowest BCUT2D eigenvalue weighted by molar-refractivity contribution is 0.0952. The van der Waals surface area contributed by atoms with E-state index in [1.807, 2.05) is 48.5 Å². The van der Waals surface area contributed by atoms with Gasteiger partial charge in [0.15, 0.2) is 0 Å². The fourth-order valence-corrected chi connectivity index (χ4v) is 2.56. The SMILES string of the molecule is O=C(N/N=C\c1cccc(Oc2ccccc2)c1)c1cc(Br)ccc1O. The maximum absolute atomic E-state index is 12.1. The second kappa shape index (κ2) is 8.31. The minimum absolute atomic E-state index is 0.112. The number of nitrogens with zero attached hydrogens (tertiary/aromatic N) is 1. The molecule has 3 rings (SSSR count). The first-order chi connectivity index (χ1) is 12.6. The Kier molecular flexibility index (Phi) is 5.66. The van der Waals surface area contributed by atoms with Crippen LogP contribution in [0.15, 0.2) is 82.4 Å². The number of amides is 1. The molecule has 5 nitrogen and oxygen atoms in total. The smallest absolute Gasteiger partial charge is 0.275 e. The van der Waals surface area contributed by atoms with Crippen LogP contribution in [-0.2, 0) is 0 Å². The van der Waals surface area contributed by atoms with Crippen molar-refractivity contribution in [3.05, 3.63) is 88.4 Å². The number of hydrogen-bond donors (Lipinski definition) is 2. The van der Waals surface area contributed by atoms with Gasteiger partial charge in [0.1, 0.15) is 17.2 Å². The minimum Gasteiger partial charge on any atom is -0.507 e. The number of benzene rings is 3. The summed E-state index contributed by atoms with van der Waals surface area (Å²) in [5.41, 5.74) is 3.29. The second-order valence-corrected chi connectivity index (χ2v) is 6.26. The molecule has 0 spiro atoms. The molecule has 0 bridgehead atoms. The molecular formula is C20H15BrN2O3. The van der Waals surface area contributed by atoms with Gasteiger partial charge in [0.25, 0.3) is 5.91 Å². The van der Waals surface area contributed by atoms with E-state index in [1.165, 1.54) is 18.3 Å². The van der Waals surface area contributed by atoms with Gasteiger partial charge in [-0.15, -0.1) is 0 Å². The molecule has 0 aliphatic carbocycles. The largest absolute Gasteiger partial charge is 0.507 e. The lowest BCUT2D eigenvalue weighted by atomic mass is 10.2. The van der Waals surface area contributed by atoms with Crippen molar-refractivity contribution in [2.24, 2.45) is 5.10 Å². The molecule has 1 amide bonds. The fourth-order valence-electron chi connectivity index (χ4n) is 2.20. The molecule has 0 atom stereocenters. The Morgan fingerprint density at radius 3 is 2.58 bits per heavy atom. The van der Waals surface area contributed by atoms with Gasteiger partial charge >= 0.3 is 0 Å². The summed E-state index contributed by atoms with van der Waals surface area (Å²) in [5.74, 6) is 0.784. The lowest BCUT2D eigenvalue weighted by Crippen LogP contribution is -2.17.